The van der Waals surface area contributed by atoms with Crippen molar-refractivity contribution in [3.63, 3.8) is 0 Å². The second-order valence-corrected chi connectivity index (χ2v) is 5.30. The van der Waals surface area contributed by atoms with Gasteiger partial charge in [0, 0.05) is 0 Å². The number of allylic oxidation sites excluding steroid dienone is 1. The third kappa shape index (κ3) is 2.73. The summed E-state index contributed by atoms with van der Waals surface area (Å²) in [6, 6.07) is 1.99. The second kappa shape index (κ2) is 5.39. The smallest absolute Gasteiger partial charge is 0.337 e. The number of nitrogens with zero attached hydrogens (tertiary/aromatic N) is 1. The summed E-state index contributed by atoms with van der Waals surface area (Å²) in [6.45, 7) is 5.37. The molecule has 0 radical (unpaired) electrons. The average Bonchev–Trinajstić information content (AvgIpc) is 2.77. The molecule has 0 aromatic carbocycles. The zero-order valence-corrected chi connectivity index (χ0v) is 12.4. The molecule has 0 spiro atoms. The first-order chi connectivity index (χ1) is 9.80. The molecular weight excluding hydrogens is 276 g/mol. The molecule has 1 fully saturated rings. The quantitative estimate of drug-likeness (QED) is 0.755. The Kier molecular flexibility index (Phi) is 3.94. The Bertz CT molecular complexity index is 570. The SMILES string of the molecule is COC(=O)C1=C(C)OC(N)=C(C#N)[C@H]1[C@H]1COC(C)(C)O1. The number of rotatable bonds is 2. The Hall–Kier alpha value is -2.04. The fourth-order valence-corrected chi connectivity index (χ4v) is 2.55. The van der Waals surface area contributed by atoms with Crippen LogP contribution in [0.4, 0.5) is 0 Å². The monoisotopic (exact) mass is 294 g/mol. The topological polar surface area (TPSA) is 104 Å². The lowest BCUT2D eigenvalue weighted by Crippen LogP contribution is -2.36. The van der Waals surface area contributed by atoms with Gasteiger partial charge >= 0.3 is 5.97 Å². The fourth-order valence-electron chi connectivity index (χ4n) is 2.55. The molecule has 0 aromatic rings. The maximum absolute atomic E-state index is 12.0. The largest absolute Gasteiger partial charge is 0.466 e. The lowest BCUT2D eigenvalue weighted by molar-refractivity contribution is -0.146. The molecule has 2 aliphatic rings. The third-order valence-electron chi connectivity index (χ3n) is 3.46. The highest BCUT2D eigenvalue weighted by Crippen LogP contribution is 2.39. The molecule has 0 bridgehead atoms. The number of hydrogen-bond acceptors (Lipinski definition) is 7. The van der Waals surface area contributed by atoms with Gasteiger partial charge in [0.1, 0.15) is 11.8 Å². The average molecular weight is 294 g/mol. The summed E-state index contributed by atoms with van der Waals surface area (Å²) in [7, 11) is 1.27. The summed E-state index contributed by atoms with van der Waals surface area (Å²) in [6.07, 6.45) is -0.513. The van der Waals surface area contributed by atoms with Gasteiger partial charge in [-0.3, -0.25) is 0 Å². The van der Waals surface area contributed by atoms with Crippen LogP contribution in [0, 0.1) is 17.2 Å². The molecule has 0 aromatic heterocycles. The van der Waals surface area contributed by atoms with Crippen molar-refractivity contribution in [2.75, 3.05) is 13.7 Å². The van der Waals surface area contributed by atoms with Gasteiger partial charge in [0.2, 0.25) is 5.88 Å². The third-order valence-corrected chi connectivity index (χ3v) is 3.46. The Morgan fingerprint density at radius 1 is 1.52 bits per heavy atom. The maximum atomic E-state index is 12.0. The van der Waals surface area contributed by atoms with Gasteiger partial charge in [-0.25, -0.2) is 4.79 Å². The number of ether oxygens (including phenoxy) is 4. The van der Waals surface area contributed by atoms with Crippen molar-refractivity contribution in [2.45, 2.75) is 32.7 Å². The van der Waals surface area contributed by atoms with Gasteiger partial charge in [-0.15, -0.1) is 0 Å². The van der Waals surface area contributed by atoms with Crippen LogP contribution in [0.3, 0.4) is 0 Å². The molecule has 2 N–H and O–H groups in total. The minimum atomic E-state index is -0.784. The minimum Gasteiger partial charge on any atom is -0.466 e. The first-order valence-corrected chi connectivity index (χ1v) is 6.49. The summed E-state index contributed by atoms with van der Waals surface area (Å²) < 4.78 is 21.4. The van der Waals surface area contributed by atoms with Gasteiger partial charge in [0.25, 0.3) is 0 Å². The van der Waals surface area contributed by atoms with E-state index in [4.69, 9.17) is 24.7 Å². The van der Waals surface area contributed by atoms with Crippen molar-refractivity contribution in [2.24, 2.45) is 11.7 Å². The zero-order chi connectivity index (χ0) is 15.8. The van der Waals surface area contributed by atoms with Gasteiger partial charge in [0.15, 0.2) is 5.79 Å². The van der Waals surface area contributed by atoms with Crippen LogP contribution in [0.15, 0.2) is 22.8 Å². The Morgan fingerprint density at radius 2 is 2.19 bits per heavy atom. The molecule has 7 heteroatoms. The van der Waals surface area contributed by atoms with Gasteiger partial charge in [-0.05, 0) is 20.8 Å². The van der Waals surface area contributed by atoms with Crippen LogP contribution in [-0.4, -0.2) is 31.6 Å². The molecule has 7 nitrogen and oxygen atoms in total. The second-order valence-electron chi connectivity index (χ2n) is 5.30. The van der Waals surface area contributed by atoms with E-state index in [1.54, 1.807) is 20.8 Å². The van der Waals surface area contributed by atoms with Crippen LogP contribution in [0.1, 0.15) is 20.8 Å². The number of hydrogen-bond donors (Lipinski definition) is 1. The Morgan fingerprint density at radius 3 is 2.67 bits per heavy atom. The molecule has 2 rings (SSSR count). The molecule has 21 heavy (non-hydrogen) atoms. The molecular formula is C14H18N2O5. The fraction of sp³-hybridized carbons (Fsp3) is 0.571. The highest BCUT2D eigenvalue weighted by molar-refractivity contribution is 5.91. The maximum Gasteiger partial charge on any atom is 0.337 e. The normalized spacial score (nSPS) is 28.1. The number of nitrogens with two attached hydrogens (primary N) is 1. The van der Waals surface area contributed by atoms with Crippen molar-refractivity contribution in [1.29, 1.82) is 5.26 Å². The summed E-state index contributed by atoms with van der Waals surface area (Å²) in [5.74, 6) is -1.75. The lowest BCUT2D eigenvalue weighted by atomic mass is 9.84. The minimum absolute atomic E-state index is 0.0269. The van der Waals surface area contributed by atoms with Gasteiger partial charge < -0.3 is 24.7 Å². The molecule has 0 saturated carbocycles. The summed E-state index contributed by atoms with van der Waals surface area (Å²) in [5, 5.41) is 9.34. The highest BCUT2D eigenvalue weighted by atomic mass is 16.7. The lowest BCUT2D eigenvalue weighted by Gasteiger charge is -2.29. The molecule has 2 aliphatic heterocycles. The van der Waals surface area contributed by atoms with Gasteiger partial charge in [-0.1, -0.05) is 0 Å². The van der Waals surface area contributed by atoms with E-state index in [0.717, 1.165) is 0 Å². The van der Waals surface area contributed by atoms with Crippen LogP contribution >= 0.6 is 0 Å². The van der Waals surface area contributed by atoms with E-state index in [0.29, 0.717) is 5.76 Å². The Labute approximate surface area is 122 Å². The molecule has 0 amide bonds. The number of carbonyl (C=O) groups excluding carboxylic acids is 1. The van der Waals surface area contributed by atoms with Crippen LogP contribution in [-0.2, 0) is 23.7 Å². The highest BCUT2D eigenvalue weighted by Gasteiger charge is 2.46. The van der Waals surface area contributed by atoms with E-state index in [-0.39, 0.29) is 23.6 Å². The van der Waals surface area contributed by atoms with Crippen molar-refractivity contribution in [1.82, 2.24) is 0 Å². The van der Waals surface area contributed by atoms with E-state index in [1.165, 1.54) is 7.11 Å². The van der Waals surface area contributed by atoms with Gasteiger partial charge in [0.05, 0.1) is 36.9 Å². The summed E-state index contributed by atoms with van der Waals surface area (Å²) >= 11 is 0. The molecule has 0 unspecified atom stereocenters. The van der Waals surface area contributed by atoms with Crippen LogP contribution in [0.25, 0.3) is 0 Å². The van der Waals surface area contributed by atoms with Crippen molar-refractivity contribution < 1.29 is 23.7 Å². The van der Waals surface area contributed by atoms with E-state index >= 15 is 0 Å². The number of nitriles is 1. The van der Waals surface area contributed by atoms with E-state index < -0.39 is 23.8 Å². The summed E-state index contributed by atoms with van der Waals surface area (Å²) in [5.41, 5.74) is 6.14. The molecule has 2 heterocycles. The predicted molar refractivity (Wildman–Crippen MR) is 71.0 cm³/mol. The van der Waals surface area contributed by atoms with E-state index in [2.05, 4.69) is 0 Å². The number of methoxy groups -OCH3 is 1. The first-order valence-electron chi connectivity index (χ1n) is 6.49. The molecule has 0 aliphatic carbocycles. The van der Waals surface area contributed by atoms with Crippen molar-refractivity contribution in [3.8, 4) is 6.07 Å². The van der Waals surface area contributed by atoms with Gasteiger partial charge in [-0.2, -0.15) is 5.26 Å². The number of carbonyl (C=O) groups is 1. The van der Waals surface area contributed by atoms with Crippen LogP contribution < -0.4 is 5.73 Å². The molecule has 114 valence electrons. The van der Waals surface area contributed by atoms with Crippen LogP contribution in [0.2, 0.25) is 0 Å². The van der Waals surface area contributed by atoms with E-state index in [1.807, 2.05) is 6.07 Å². The predicted octanol–water partition coefficient (Wildman–Crippen LogP) is 0.925. The zero-order valence-electron chi connectivity index (χ0n) is 12.4. The standard InChI is InChI=1S/C14H18N2O5/c1-7-10(13(17)18-4)11(8(5-15)12(16)20-7)9-6-19-14(2,3)21-9/h9,11H,6,16H2,1-4H3/t9-,11+/m1/s1. The summed E-state index contributed by atoms with van der Waals surface area (Å²) in [4.78, 5) is 12.0. The Balaban J connectivity index is 2.46. The van der Waals surface area contributed by atoms with Crippen LogP contribution in [0.5, 0.6) is 0 Å². The first kappa shape index (κ1) is 15.4. The molecule has 1 saturated heterocycles. The van der Waals surface area contributed by atoms with Crippen molar-refractivity contribution >= 4 is 5.97 Å². The number of esters is 1. The van der Waals surface area contributed by atoms with E-state index in [9.17, 15) is 10.1 Å². The molecule has 2 atom stereocenters. The van der Waals surface area contributed by atoms with Crippen molar-refractivity contribution in [3.05, 3.63) is 22.8 Å².